The number of ether oxygens (including phenoxy) is 1. The van der Waals surface area contributed by atoms with Crippen molar-refractivity contribution in [3.05, 3.63) is 36.0 Å². The number of thiazole rings is 1. The summed E-state index contributed by atoms with van der Waals surface area (Å²) < 4.78 is 7.13. The van der Waals surface area contributed by atoms with Gasteiger partial charge < -0.3 is 10.5 Å². The van der Waals surface area contributed by atoms with Gasteiger partial charge in [-0.15, -0.1) is 11.3 Å². The molecule has 0 amide bonds. The van der Waals surface area contributed by atoms with Crippen LogP contribution in [0.3, 0.4) is 0 Å². The van der Waals surface area contributed by atoms with Gasteiger partial charge in [0.25, 0.3) is 0 Å². The molecule has 2 aromatic heterocycles. The maximum atomic E-state index is 5.88. The minimum Gasteiger partial charge on any atom is -0.495 e. The highest BCUT2D eigenvalue weighted by Gasteiger charge is 2.07. The van der Waals surface area contributed by atoms with Crippen molar-refractivity contribution in [1.82, 2.24) is 9.38 Å². The number of nitrogens with zero attached hydrogens (tertiary/aromatic N) is 2. The summed E-state index contributed by atoms with van der Waals surface area (Å²) in [5.74, 6) is 0.690. The number of nitrogen functional groups attached to an aromatic ring is 1. The first-order valence-electron chi connectivity index (χ1n) is 5.14. The SMILES string of the molecule is COc1ccc(-c2cn3ccsc3n2)cc1N. The minimum atomic E-state index is 0.626. The highest BCUT2D eigenvalue weighted by atomic mass is 32.1. The number of aromatic nitrogens is 2. The summed E-state index contributed by atoms with van der Waals surface area (Å²) in [6.45, 7) is 0. The lowest BCUT2D eigenvalue weighted by atomic mass is 10.1. The first-order chi connectivity index (χ1) is 8.28. The van der Waals surface area contributed by atoms with Gasteiger partial charge in [-0.2, -0.15) is 0 Å². The van der Waals surface area contributed by atoms with Gasteiger partial charge in [0.15, 0.2) is 4.96 Å². The van der Waals surface area contributed by atoms with Gasteiger partial charge in [-0.1, -0.05) is 0 Å². The fraction of sp³-hybridized carbons (Fsp3) is 0.0833. The number of imidazole rings is 1. The van der Waals surface area contributed by atoms with E-state index in [1.165, 1.54) is 0 Å². The summed E-state index contributed by atoms with van der Waals surface area (Å²) >= 11 is 1.61. The molecule has 0 atom stereocenters. The maximum Gasteiger partial charge on any atom is 0.194 e. The maximum absolute atomic E-state index is 5.88. The van der Waals surface area contributed by atoms with E-state index in [0.29, 0.717) is 11.4 Å². The van der Waals surface area contributed by atoms with E-state index in [9.17, 15) is 0 Å². The molecule has 17 heavy (non-hydrogen) atoms. The molecule has 3 aromatic rings. The van der Waals surface area contributed by atoms with Crippen LogP contribution >= 0.6 is 11.3 Å². The summed E-state index contributed by atoms with van der Waals surface area (Å²) in [5, 5.41) is 2.01. The molecule has 0 fully saturated rings. The van der Waals surface area contributed by atoms with Crippen molar-refractivity contribution in [2.24, 2.45) is 0 Å². The zero-order valence-corrected chi connectivity index (χ0v) is 10.1. The number of methoxy groups -OCH3 is 1. The Bertz CT molecular complexity index is 643. The lowest BCUT2D eigenvalue weighted by Crippen LogP contribution is -1.92. The Balaban J connectivity index is 2.09. The fourth-order valence-corrected chi connectivity index (χ4v) is 2.46. The smallest absolute Gasteiger partial charge is 0.194 e. The second-order valence-corrected chi connectivity index (χ2v) is 4.55. The highest BCUT2D eigenvalue weighted by Crippen LogP contribution is 2.28. The van der Waals surface area contributed by atoms with Crippen molar-refractivity contribution in [2.45, 2.75) is 0 Å². The van der Waals surface area contributed by atoms with Crippen LogP contribution in [-0.4, -0.2) is 16.5 Å². The molecule has 0 spiro atoms. The molecule has 86 valence electrons. The Labute approximate surface area is 102 Å². The van der Waals surface area contributed by atoms with Crippen molar-refractivity contribution in [2.75, 3.05) is 12.8 Å². The molecule has 1 aromatic carbocycles. The molecule has 0 aliphatic rings. The van der Waals surface area contributed by atoms with Crippen LogP contribution in [0.25, 0.3) is 16.2 Å². The van der Waals surface area contributed by atoms with Crippen LogP contribution in [0, 0.1) is 0 Å². The Morgan fingerprint density at radius 1 is 1.41 bits per heavy atom. The van der Waals surface area contributed by atoms with E-state index >= 15 is 0 Å². The van der Waals surface area contributed by atoms with Crippen LogP contribution in [0.5, 0.6) is 5.75 Å². The van der Waals surface area contributed by atoms with Crippen LogP contribution in [0.1, 0.15) is 0 Å². The number of anilines is 1. The summed E-state index contributed by atoms with van der Waals surface area (Å²) in [6, 6.07) is 5.70. The van der Waals surface area contributed by atoms with Crippen LogP contribution in [0.2, 0.25) is 0 Å². The van der Waals surface area contributed by atoms with Crippen molar-refractivity contribution >= 4 is 22.0 Å². The van der Waals surface area contributed by atoms with Crippen molar-refractivity contribution in [3.8, 4) is 17.0 Å². The molecule has 2 N–H and O–H groups in total. The molecule has 0 aliphatic carbocycles. The molecule has 2 heterocycles. The molecular weight excluding hydrogens is 234 g/mol. The Morgan fingerprint density at radius 3 is 3.00 bits per heavy atom. The number of rotatable bonds is 2. The van der Waals surface area contributed by atoms with E-state index in [0.717, 1.165) is 16.2 Å². The lowest BCUT2D eigenvalue weighted by molar-refractivity contribution is 0.417. The van der Waals surface area contributed by atoms with Crippen LogP contribution in [0.4, 0.5) is 5.69 Å². The summed E-state index contributed by atoms with van der Waals surface area (Å²) in [5.41, 5.74) is 8.43. The van der Waals surface area contributed by atoms with Gasteiger partial charge in [0.2, 0.25) is 0 Å². The minimum absolute atomic E-state index is 0.626. The van der Waals surface area contributed by atoms with Gasteiger partial charge in [0.05, 0.1) is 18.5 Å². The van der Waals surface area contributed by atoms with Gasteiger partial charge in [-0.05, 0) is 18.2 Å². The molecule has 0 saturated heterocycles. The van der Waals surface area contributed by atoms with E-state index in [4.69, 9.17) is 10.5 Å². The van der Waals surface area contributed by atoms with Gasteiger partial charge in [-0.3, -0.25) is 4.40 Å². The van der Waals surface area contributed by atoms with Crippen LogP contribution in [0.15, 0.2) is 36.0 Å². The first-order valence-corrected chi connectivity index (χ1v) is 6.02. The van der Waals surface area contributed by atoms with Crippen LogP contribution < -0.4 is 10.5 Å². The predicted octanol–water partition coefficient (Wildman–Crippen LogP) is 2.65. The molecule has 0 bridgehead atoms. The first kappa shape index (κ1) is 10.2. The number of nitrogens with two attached hydrogens (primary N) is 1. The average molecular weight is 245 g/mol. The molecule has 3 rings (SSSR count). The third-order valence-corrected chi connectivity index (χ3v) is 3.39. The Morgan fingerprint density at radius 2 is 2.29 bits per heavy atom. The molecule has 5 heteroatoms. The fourth-order valence-electron chi connectivity index (χ4n) is 1.76. The van der Waals surface area contributed by atoms with Crippen molar-refractivity contribution < 1.29 is 4.74 Å². The second kappa shape index (κ2) is 3.78. The number of benzene rings is 1. The summed E-state index contributed by atoms with van der Waals surface area (Å²) in [4.78, 5) is 5.51. The van der Waals surface area contributed by atoms with Gasteiger partial charge in [0.1, 0.15) is 5.75 Å². The summed E-state index contributed by atoms with van der Waals surface area (Å²) in [6.07, 6.45) is 3.98. The number of hydrogen-bond donors (Lipinski definition) is 1. The topological polar surface area (TPSA) is 52.5 Å². The molecule has 0 unspecified atom stereocenters. The zero-order chi connectivity index (χ0) is 11.8. The van der Waals surface area contributed by atoms with E-state index in [1.54, 1.807) is 18.4 Å². The second-order valence-electron chi connectivity index (χ2n) is 3.68. The quantitative estimate of drug-likeness (QED) is 0.706. The number of fused-ring (bicyclic) bond motifs is 1. The third-order valence-electron chi connectivity index (χ3n) is 2.62. The molecular formula is C12H11N3OS. The molecule has 4 nitrogen and oxygen atoms in total. The highest BCUT2D eigenvalue weighted by molar-refractivity contribution is 7.15. The monoisotopic (exact) mass is 245 g/mol. The summed E-state index contributed by atoms with van der Waals surface area (Å²) in [7, 11) is 1.61. The third kappa shape index (κ3) is 1.64. The molecule has 0 saturated carbocycles. The molecule has 0 aliphatic heterocycles. The average Bonchev–Trinajstić information content (AvgIpc) is 2.88. The predicted molar refractivity (Wildman–Crippen MR) is 69.5 cm³/mol. The van der Waals surface area contributed by atoms with E-state index in [2.05, 4.69) is 4.98 Å². The van der Waals surface area contributed by atoms with Crippen molar-refractivity contribution in [3.63, 3.8) is 0 Å². The van der Waals surface area contributed by atoms with Gasteiger partial charge >= 0.3 is 0 Å². The Hall–Kier alpha value is -2.01. The van der Waals surface area contributed by atoms with E-state index in [-0.39, 0.29) is 0 Å². The van der Waals surface area contributed by atoms with Crippen molar-refractivity contribution in [1.29, 1.82) is 0 Å². The van der Waals surface area contributed by atoms with Gasteiger partial charge in [-0.25, -0.2) is 4.98 Å². The van der Waals surface area contributed by atoms with Crippen LogP contribution in [-0.2, 0) is 0 Å². The van der Waals surface area contributed by atoms with E-state index in [1.807, 2.05) is 40.4 Å². The lowest BCUT2D eigenvalue weighted by Gasteiger charge is -2.05. The number of hydrogen-bond acceptors (Lipinski definition) is 4. The molecule has 0 radical (unpaired) electrons. The zero-order valence-electron chi connectivity index (χ0n) is 9.25. The van der Waals surface area contributed by atoms with E-state index < -0.39 is 0 Å². The Kier molecular flexibility index (Phi) is 2.26. The standard InChI is InChI=1S/C12H11N3OS/c1-16-11-3-2-8(6-9(11)13)10-7-15-4-5-17-12(15)14-10/h2-7H,13H2,1H3. The largest absolute Gasteiger partial charge is 0.495 e. The van der Waals surface area contributed by atoms with Gasteiger partial charge in [0, 0.05) is 23.3 Å². The normalized spacial score (nSPS) is 10.9.